The SMILES string of the molecule is Cc1ccc(-c2csc(NC(=O)C3CCN(C(=O)c4ccc(C(F)(F)F)cc4)CC3)n2)cc1C. The molecule has 1 aromatic heterocycles. The summed E-state index contributed by atoms with van der Waals surface area (Å²) in [5, 5.41) is 5.32. The van der Waals surface area contributed by atoms with Crippen LogP contribution in [-0.2, 0) is 11.0 Å². The number of aromatic nitrogens is 1. The lowest BCUT2D eigenvalue weighted by atomic mass is 9.95. The molecule has 1 aliphatic heterocycles. The van der Waals surface area contributed by atoms with Gasteiger partial charge in [0.15, 0.2) is 5.13 Å². The molecule has 178 valence electrons. The number of thiazole rings is 1. The van der Waals surface area contributed by atoms with Crippen LogP contribution in [-0.4, -0.2) is 34.8 Å². The molecule has 1 saturated heterocycles. The molecule has 1 aliphatic rings. The number of anilines is 1. The van der Waals surface area contributed by atoms with E-state index in [0.717, 1.165) is 23.4 Å². The van der Waals surface area contributed by atoms with Crippen molar-refractivity contribution >= 4 is 28.3 Å². The maximum Gasteiger partial charge on any atom is 0.416 e. The fraction of sp³-hybridized carbons (Fsp3) is 0.320. The van der Waals surface area contributed by atoms with Crippen molar-refractivity contribution in [3.05, 3.63) is 70.1 Å². The van der Waals surface area contributed by atoms with Crippen LogP contribution in [0.25, 0.3) is 11.3 Å². The fourth-order valence-corrected chi connectivity index (χ4v) is 4.62. The van der Waals surface area contributed by atoms with E-state index in [0.29, 0.717) is 31.1 Å². The molecule has 4 rings (SSSR count). The molecule has 0 saturated carbocycles. The van der Waals surface area contributed by atoms with Gasteiger partial charge in [-0.25, -0.2) is 4.98 Å². The van der Waals surface area contributed by atoms with E-state index in [4.69, 9.17) is 0 Å². The third-order valence-electron chi connectivity index (χ3n) is 6.15. The van der Waals surface area contributed by atoms with Gasteiger partial charge in [0.05, 0.1) is 11.3 Å². The quantitative estimate of drug-likeness (QED) is 0.496. The van der Waals surface area contributed by atoms with Crippen molar-refractivity contribution in [3.8, 4) is 11.3 Å². The Bertz CT molecular complexity index is 1200. The largest absolute Gasteiger partial charge is 0.416 e. The number of carbonyl (C=O) groups is 2. The van der Waals surface area contributed by atoms with E-state index in [2.05, 4.69) is 16.4 Å². The predicted octanol–water partition coefficient (Wildman–Crippen LogP) is 5.94. The first kappa shape index (κ1) is 23.9. The molecule has 9 heteroatoms. The summed E-state index contributed by atoms with van der Waals surface area (Å²) in [6, 6.07) is 10.3. The molecule has 0 bridgehead atoms. The number of hydrogen-bond donors (Lipinski definition) is 1. The third kappa shape index (κ3) is 5.30. The minimum atomic E-state index is -4.44. The molecule has 0 radical (unpaired) electrons. The number of amides is 2. The summed E-state index contributed by atoms with van der Waals surface area (Å²) in [4.78, 5) is 31.5. The topological polar surface area (TPSA) is 62.3 Å². The van der Waals surface area contributed by atoms with Crippen molar-refractivity contribution in [1.82, 2.24) is 9.88 Å². The molecule has 0 atom stereocenters. The summed E-state index contributed by atoms with van der Waals surface area (Å²) in [5.74, 6) is -0.723. The molecule has 5 nitrogen and oxygen atoms in total. The molecule has 34 heavy (non-hydrogen) atoms. The lowest BCUT2D eigenvalue weighted by Gasteiger charge is -2.31. The summed E-state index contributed by atoms with van der Waals surface area (Å²) >= 11 is 1.36. The van der Waals surface area contributed by atoms with Crippen molar-refractivity contribution in [1.29, 1.82) is 0 Å². The number of nitrogens with one attached hydrogen (secondary N) is 1. The average molecular weight is 488 g/mol. The van der Waals surface area contributed by atoms with Gasteiger partial charge in [-0.2, -0.15) is 13.2 Å². The monoisotopic (exact) mass is 487 g/mol. The molecule has 0 unspecified atom stereocenters. The Labute approximate surface area is 199 Å². The van der Waals surface area contributed by atoms with Crippen LogP contribution < -0.4 is 5.32 Å². The summed E-state index contributed by atoms with van der Waals surface area (Å²) < 4.78 is 38.2. The van der Waals surface area contributed by atoms with Crippen LogP contribution in [0.1, 0.15) is 39.9 Å². The van der Waals surface area contributed by atoms with Crippen LogP contribution in [0, 0.1) is 19.8 Å². The van der Waals surface area contributed by atoms with Crippen molar-refractivity contribution in [2.24, 2.45) is 5.92 Å². The number of hydrogen-bond acceptors (Lipinski definition) is 4. The minimum absolute atomic E-state index is 0.136. The van der Waals surface area contributed by atoms with Crippen LogP contribution >= 0.6 is 11.3 Å². The van der Waals surface area contributed by atoms with Crippen LogP contribution in [0.5, 0.6) is 0 Å². The Hall–Kier alpha value is -3.20. The Balaban J connectivity index is 1.32. The number of alkyl halides is 3. The molecular formula is C25H24F3N3O2S. The fourth-order valence-electron chi connectivity index (χ4n) is 3.90. The van der Waals surface area contributed by atoms with Gasteiger partial charge in [0.1, 0.15) is 0 Å². The zero-order valence-electron chi connectivity index (χ0n) is 18.8. The number of halogens is 3. The number of rotatable bonds is 4. The second-order valence-corrected chi connectivity index (χ2v) is 9.33. The summed E-state index contributed by atoms with van der Waals surface area (Å²) in [6.07, 6.45) is -3.48. The van der Waals surface area contributed by atoms with E-state index >= 15 is 0 Å². The first-order valence-corrected chi connectivity index (χ1v) is 11.8. The van der Waals surface area contributed by atoms with E-state index in [-0.39, 0.29) is 23.3 Å². The molecule has 0 aliphatic carbocycles. The highest BCUT2D eigenvalue weighted by Gasteiger charge is 2.31. The van der Waals surface area contributed by atoms with Gasteiger partial charge < -0.3 is 10.2 Å². The molecule has 3 aromatic rings. The Morgan fingerprint density at radius 1 is 1.03 bits per heavy atom. The number of benzene rings is 2. The average Bonchev–Trinajstić information content (AvgIpc) is 3.28. The standard InChI is InChI=1S/C25H24F3N3O2S/c1-15-3-4-19(13-16(15)2)21-14-34-24(29-21)30-22(32)17-9-11-31(12-10-17)23(33)18-5-7-20(8-6-18)25(26,27)28/h3-8,13-14,17H,9-12H2,1-2H3,(H,29,30,32). The van der Waals surface area contributed by atoms with Crippen molar-refractivity contribution < 1.29 is 22.8 Å². The number of nitrogens with zero attached hydrogens (tertiary/aromatic N) is 2. The molecule has 2 amide bonds. The van der Waals surface area contributed by atoms with Gasteiger partial charge in [0.2, 0.25) is 5.91 Å². The third-order valence-corrected chi connectivity index (χ3v) is 6.91. The van der Waals surface area contributed by atoms with Gasteiger partial charge in [-0.15, -0.1) is 11.3 Å². The molecule has 2 aromatic carbocycles. The van der Waals surface area contributed by atoms with Crippen molar-refractivity contribution in [3.63, 3.8) is 0 Å². The zero-order valence-corrected chi connectivity index (χ0v) is 19.6. The second-order valence-electron chi connectivity index (χ2n) is 8.47. The normalized spacial score (nSPS) is 14.8. The highest BCUT2D eigenvalue weighted by molar-refractivity contribution is 7.14. The molecule has 2 heterocycles. The van der Waals surface area contributed by atoms with E-state index < -0.39 is 11.7 Å². The minimum Gasteiger partial charge on any atom is -0.339 e. The van der Waals surface area contributed by atoms with Crippen LogP contribution in [0.4, 0.5) is 18.3 Å². The highest BCUT2D eigenvalue weighted by Crippen LogP contribution is 2.30. The number of likely N-dealkylation sites (tertiary alicyclic amines) is 1. The maximum absolute atomic E-state index is 12.7. The van der Waals surface area contributed by atoms with E-state index in [1.54, 1.807) is 4.90 Å². The van der Waals surface area contributed by atoms with Gasteiger partial charge in [0, 0.05) is 35.5 Å². The first-order chi connectivity index (χ1) is 16.1. The summed E-state index contributed by atoms with van der Waals surface area (Å²) in [6.45, 7) is 4.82. The maximum atomic E-state index is 12.7. The Morgan fingerprint density at radius 3 is 2.32 bits per heavy atom. The van der Waals surface area contributed by atoms with Crippen LogP contribution in [0.15, 0.2) is 47.8 Å². The van der Waals surface area contributed by atoms with Crippen molar-refractivity contribution in [2.45, 2.75) is 32.9 Å². The first-order valence-electron chi connectivity index (χ1n) is 10.9. The van der Waals surface area contributed by atoms with E-state index in [9.17, 15) is 22.8 Å². The van der Waals surface area contributed by atoms with Crippen molar-refractivity contribution in [2.75, 3.05) is 18.4 Å². The van der Waals surface area contributed by atoms with E-state index in [1.807, 2.05) is 31.4 Å². The smallest absolute Gasteiger partial charge is 0.339 e. The van der Waals surface area contributed by atoms with Gasteiger partial charge in [-0.05, 0) is 68.1 Å². The molecular weight excluding hydrogens is 463 g/mol. The Kier molecular flexibility index (Phi) is 6.74. The second kappa shape index (κ2) is 9.58. The molecule has 1 N–H and O–H groups in total. The highest BCUT2D eigenvalue weighted by atomic mass is 32.1. The van der Waals surface area contributed by atoms with Crippen LogP contribution in [0.2, 0.25) is 0 Å². The lowest BCUT2D eigenvalue weighted by Crippen LogP contribution is -2.41. The van der Waals surface area contributed by atoms with Gasteiger partial charge in [-0.3, -0.25) is 9.59 Å². The lowest BCUT2D eigenvalue weighted by molar-refractivity contribution is -0.137. The Morgan fingerprint density at radius 2 is 1.71 bits per heavy atom. The number of carbonyl (C=O) groups excluding carboxylic acids is 2. The zero-order chi connectivity index (χ0) is 24.5. The summed E-state index contributed by atoms with van der Waals surface area (Å²) in [7, 11) is 0. The number of aryl methyl sites for hydroxylation is 2. The van der Waals surface area contributed by atoms with Gasteiger partial charge >= 0.3 is 6.18 Å². The van der Waals surface area contributed by atoms with Gasteiger partial charge in [-0.1, -0.05) is 12.1 Å². The number of piperidine rings is 1. The van der Waals surface area contributed by atoms with E-state index in [1.165, 1.54) is 34.6 Å². The van der Waals surface area contributed by atoms with Gasteiger partial charge in [0.25, 0.3) is 5.91 Å². The molecule has 1 fully saturated rings. The predicted molar refractivity (Wildman–Crippen MR) is 126 cm³/mol. The molecule has 0 spiro atoms. The van der Waals surface area contributed by atoms with Crippen LogP contribution in [0.3, 0.4) is 0 Å². The summed E-state index contributed by atoms with van der Waals surface area (Å²) in [5.41, 5.74) is 3.60.